The van der Waals surface area contributed by atoms with Crippen molar-refractivity contribution in [2.75, 3.05) is 6.61 Å². The highest BCUT2D eigenvalue weighted by atomic mass is 35.5. The number of aryl methyl sites for hydroxylation is 1. The minimum absolute atomic E-state index is 0.137. The van der Waals surface area contributed by atoms with Gasteiger partial charge >= 0.3 is 5.97 Å². The van der Waals surface area contributed by atoms with Crippen LogP contribution in [0.1, 0.15) is 85.8 Å². The average Bonchev–Trinajstić information content (AvgIpc) is 3.76. The first-order chi connectivity index (χ1) is 18.8. The molecule has 1 aliphatic rings. The molecule has 0 saturated heterocycles. The number of ketones is 1. The number of pyridine rings is 1. The Morgan fingerprint density at radius 1 is 0.974 bits per heavy atom. The van der Waals surface area contributed by atoms with Crippen molar-refractivity contribution in [3.8, 4) is 0 Å². The van der Waals surface area contributed by atoms with Gasteiger partial charge in [-0.3, -0.25) is 14.4 Å². The second kappa shape index (κ2) is 13.6. The van der Waals surface area contributed by atoms with Crippen LogP contribution in [-0.4, -0.2) is 28.8 Å². The third-order valence-corrected chi connectivity index (χ3v) is 7.18. The number of hydrogen-bond acceptors (Lipinski definition) is 5. The minimum atomic E-state index is -0.398. The van der Waals surface area contributed by atoms with Crippen molar-refractivity contribution in [1.29, 1.82) is 0 Å². The molecule has 206 valence electrons. The minimum Gasteiger partial charge on any atom is -0.466 e. The first-order valence-corrected chi connectivity index (χ1v) is 14.0. The molecule has 2 aromatic carbocycles. The average molecular weight is 551 g/mol. The van der Waals surface area contributed by atoms with E-state index in [0.29, 0.717) is 55.3 Å². The van der Waals surface area contributed by atoms with E-state index in [9.17, 15) is 19.2 Å². The molecule has 3 aromatic rings. The lowest BCUT2D eigenvalue weighted by atomic mass is 10.0. The highest BCUT2D eigenvalue weighted by molar-refractivity contribution is 6.30. The summed E-state index contributed by atoms with van der Waals surface area (Å²) >= 11 is 5.94. The number of amides is 1. The van der Waals surface area contributed by atoms with Crippen LogP contribution in [0.2, 0.25) is 5.02 Å². The van der Waals surface area contributed by atoms with Crippen molar-refractivity contribution in [3.05, 3.63) is 80.6 Å². The molecule has 0 bridgehead atoms. The van der Waals surface area contributed by atoms with Gasteiger partial charge in [-0.05, 0) is 80.8 Å². The fourth-order valence-electron chi connectivity index (χ4n) is 4.61. The van der Waals surface area contributed by atoms with Crippen LogP contribution >= 0.6 is 11.6 Å². The molecule has 0 atom stereocenters. The molecule has 1 saturated carbocycles. The Balaban J connectivity index is 1.37. The molecule has 0 aliphatic heterocycles. The standard InChI is InChI=1S/C31H35ClN2O5/c1-21(35)6-3-2-4-8-29(36)39-17-5-7-22-11-16-28-26(18-22)30(37)27(20-34(28)25-14-15-25)31(38)33-19-23-9-12-24(32)13-10-23/h9-13,16,18,20,25H,2-8,14-15,17,19H2,1H3,(H,33,38). The fourth-order valence-corrected chi connectivity index (χ4v) is 4.73. The number of carbonyl (C=O) groups is 3. The van der Waals surface area contributed by atoms with Gasteiger partial charge in [0.15, 0.2) is 0 Å². The summed E-state index contributed by atoms with van der Waals surface area (Å²) in [6.45, 7) is 2.18. The summed E-state index contributed by atoms with van der Waals surface area (Å²) in [5, 5.41) is 4.01. The number of unbranched alkanes of at least 4 members (excludes halogenated alkanes) is 2. The van der Waals surface area contributed by atoms with Crippen molar-refractivity contribution in [2.24, 2.45) is 0 Å². The number of halogens is 1. The number of fused-ring (bicyclic) bond motifs is 1. The van der Waals surface area contributed by atoms with E-state index in [1.165, 1.54) is 0 Å². The molecule has 4 rings (SSSR count). The zero-order valence-corrected chi connectivity index (χ0v) is 23.1. The maximum absolute atomic E-state index is 13.4. The number of esters is 1. The number of Topliss-reactive ketones (excluding diaryl/α,β-unsaturated/α-hetero) is 1. The van der Waals surface area contributed by atoms with Gasteiger partial charge in [-0.25, -0.2) is 0 Å². The van der Waals surface area contributed by atoms with Gasteiger partial charge in [-0.15, -0.1) is 0 Å². The molecular weight excluding hydrogens is 516 g/mol. The number of ether oxygens (including phenoxy) is 1. The molecule has 39 heavy (non-hydrogen) atoms. The smallest absolute Gasteiger partial charge is 0.305 e. The van der Waals surface area contributed by atoms with Crippen molar-refractivity contribution in [1.82, 2.24) is 9.88 Å². The lowest BCUT2D eigenvalue weighted by Crippen LogP contribution is -2.29. The lowest BCUT2D eigenvalue weighted by Gasteiger charge is -2.14. The van der Waals surface area contributed by atoms with Gasteiger partial charge in [-0.1, -0.05) is 36.2 Å². The van der Waals surface area contributed by atoms with Gasteiger partial charge in [0.1, 0.15) is 11.3 Å². The molecular formula is C31H35ClN2O5. The molecule has 7 nitrogen and oxygen atoms in total. The Kier molecular flexibility index (Phi) is 9.93. The maximum Gasteiger partial charge on any atom is 0.305 e. The molecule has 8 heteroatoms. The highest BCUT2D eigenvalue weighted by Gasteiger charge is 2.26. The first kappa shape index (κ1) is 28.6. The van der Waals surface area contributed by atoms with E-state index in [2.05, 4.69) is 9.88 Å². The Morgan fingerprint density at radius 3 is 2.41 bits per heavy atom. The van der Waals surface area contributed by atoms with Gasteiger partial charge in [0.2, 0.25) is 5.43 Å². The van der Waals surface area contributed by atoms with E-state index < -0.39 is 5.91 Å². The number of aromatic nitrogens is 1. The summed E-state index contributed by atoms with van der Waals surface area (Å²) in [6, 6.07) is 13.3. The van der Waals surface area contributed by atoms with Crippen molar-refractivity contribution in [2.45, 2.75) is 77.3 Å². The van der Waals surface area contributed by atoms with Gasteiger partial charge in [0.05, 0.1) is 12.1 Å². The molecule has 1 N–H and O–H groups in total. The van der Waals surface area contributed by atoms with Crippen molar-refractivity contribution in [3.63, 3.8) is 0 Å². The van der Waals surface area contributed by atoms with E-state index in [4.69, 9.17) is 16.3 Å². The van der Waals surface area contributed by atoms with Crippen LogP contribution in [0.3, 0.4) is 0 Å². The number of hydrogen-bond donors (Lipinski definition) is 1. The lowest BCUT2D eigenvalue weighted by molar-refractivity contribution is -0.143. The maximum atomic E-state index is 13.4. The molecule has 1 fully saturated rings. The SMILES string of the molecule is CC(=O)CCCCCC(=O)OCCCc1ccc2c(c1)c(=O)c(C(=O)NCc1ccc(Cl)cc1)cn2C1CC1. The summed E-state index contributed by atoms with van der Waals surface area (Å²) in [5.74, 6) is -0.450. The van der Waals surface area contributed by atoms with E-state index in [1.807, 2.05) is 30.3 Å². The zero-order valence-electron chi connectivity index (χ0n) is 22.3. The van der Waals surface area contributed by atoms with E-state index in [-0.39, 0.29) is 22.7 Å². The van der Waals surface area contributed by atoms with Crippen LogP contribution in [0.25, 0.3) is 10.9 Å². The van der Waals surface area contributed by atoms with Crippen LogP contribution in [0.15, 0.2) is 53.5 Å². The van der Waals surface area contributed by atoms with Crippen LogP contribution in [0.5, 0.6) is 0 Å². The summed E-state index contributed by atoms with van der Waals surface area (Å²) in [7, 11) is 0. The first-order valence-electron chi connectivity index (χ1n) is 13.7. The molecule has 0 spiro atoms. The monoisotopic (exact) mass is 550 g/mol. The summed E-state index contributed by atoms with van der Waals surface area (Å²) < 4.78 is 7.40. The topological polar surface area (TPSA) is 94.5 Å². The van der Waals surface area contributed by atoms with Crippen LogP contribution < -0.4 is 10.7 Å². The van der Waals surface area contributed by atoms with Crippen LogP contribution in [0.4, 0.5) is 0 Å². The Hall–Kier alpha value is -3.45. The van der Waals surface area contributed by atoms with E-state index in [0.717, 1.165) is 48.7 Å². The van der Waals surface area contributed by atoms with Gasteiger partial charge < -0.3 is 19.4 Å². The highest BCUT2D eigenvalue weighted by Crippen LogP contribution is 2.37. The predicted molar refractivity (Wildman–Crippen MR) is 152 cm³/mol. The summed E-state index contributed by atoms with van der Waals surface area (Å²) in [6.07, 6.45) is 8.31. The molecule has 1 aliphatic carbocycles. The van der Waals surface area contributed by atoms with Crippen molar-refractivity contribution >= 4 is 40.2 Å². The summed E-state index contributed by atoms with van der Waals surface area (Å²) in [4.78, 5) is 49.4. The van der Waals surface area contributed by atoms with Crippen molar-refractivity contribution < 1.29 is 19.1 Å². The second-order valence-corrected chi connectivity index (χ2v) is 10.7. The Bertz CT molecular complexity index is 1390. The normalized spacial score (nSPS) is 12.9. The summed E-state index contributed by atoms with van der Waals surface area (Å²) in [5.41, 5.74) is 2.54. The van der Waals surface area contributed by atoms with Gasteiger partial charge in [0, 0.05) is 42.0 Å². The van der Waals surface area contributed by atoms with Crippen LogP contribution in [0, 0.1) is 0 Å². The zero-order chi connectivity index (χ0) is 27.8. The molecule has 0 radical (unpaired) electrons. The third-order valence-electron chi connectivity index (χ3n) is 6.93. The predicted octanol–water partition coefficient (Wildman–Crippen LogP) is 5.94. The molecule has 1 amide bonds. The number of nitrogens with one attached hydrogen (secondary N) is 1. The Morgan fingerprint density at radius 2 is 1.69 bits per heavy atom. The van der Waals surface area contributed by atoms with E-state index in [1.54, 1.807) is 25.3 Å². The number of carbonyl (C=O) groups excluding carboxylic acids is 3. The fraction of sp³-hybridized carbons (Fsp3) is 0.419. The second-order valence-electron chi connectivity index (χ2n) is 10.3. The van der Waals surface area contributed by atoms with E-state index >= 15 is 0 Å². The third kappa shape index (κ3) is 8.27. The number of nitrogens with zero attached hydrogens (tertiary/aromatic N) is 1. The largest absolute Gasteiger partial charge is 0.466 e. The Labute approximate surface area is 233 Å². The number of rotatable bonds is 14. The quantitative estimate of drug-likeness (QED) is 0.198. The number of benzene rings is 2. The van der Waals surface area contributed by atoms with Crippen LogP contribution in [-0.2, 0) is 27.3 Å². The molecule has 1 heterocycles. The van der Waals surface area contributed by atoms with Gasteiger partial charge in [0.25, 0.3) is 5.91 Å². The van der Waals surface area contributed by atoms with Gasteiger partial charge in [-0.2, -0.15) is 0 Å². The molecule has 0 unspecified atom stereocenters. The molecule has 1 aromatic heterocycles.